The van der Waals surface area contributed by atoms with Crippen molar-refractivity contribution in [3.05, 3.63) is 60.0 Å². The molecule has 0 bridgehead atoms. The summed E-state index contributed by atoms with van der Waals surface area (Å²) in [5.74, 6) is 1.05. The smallest absolute Gasteiger partial charge is 0.141 e. The van der Waals surface area contributed by atoms with Gasteiger partial charge in [0.15, 0.2) is 0 Å². The van der Waals surface area contributed by atoms with Gasteiger partial charge in [0.05, 0.1) is 11.4 Å². The van der Waals surface area contributed by atoms with E-state index in [1.807, 2.05) is 24.4 Å². The second kappa shape index (κ2) is 4.30. The van der Waals surface area contributed by atoms with Gasteiger partial charge in [-0.15, -0.1) is 0 Å². The molecular formula is C17H15N3. The Kier molecular flexibility index (Phi) is 2.46. The Morgan fingerprint density at radius 3 is 2.75 bits per heavy atom. The topological polar surface area (TPSA) is 30.7 Å². The second-order valence-corrected chi connectivity index (χ2v) is 5.18. The standard InChI is InChI=1S/C17H15N3/c1-12-11-18-17-14-7-8-15(13-5-3-2-4-6-13)19-16(14)9-10-20(12)17/h2-8,11H,9-10H2,1H3. The van der Waals surface area contributed by atoms with Crippen molar-refractivity contribution in [2.24, 2.45) is 0 Å². The van der Waals surface area contributed by atoms with Crippen molar-refractivity contribution >= 4 is 0 Å². The summed E-state index contributed by atoms with van der Waals surface area (Å²) >= 11 is 0. The summed E-state index contributed by atoms with van der Waals surface area (Å²) in [5.41, 5.74) is 5.76. The third kappa shape index (κ3) is 1.67. The van der Waals surface area contributed by atoms with Gasteiger partial charge in [-0.05, 0) is 19.1 Å². The molecule has 1 aliphatic rings. The van der Waals surface area contributed by atoms with Crippen molar-refractivity contribution in [1.29, 1.82) is 0 Å². The van der Waals surface area contributed by atoms with Crippen LogP contribution in [0, 0.1) is 6.92 Å². The molecule has 3 heterocycles. The number of imidazole rings is 1. The van der Waals surface area contributed by atoms with Gasteiger partial charge in [-0.25, -0.2) is 4.98 Å². The minimum Gasteiger partial charge on any atom is -0.328 e. The fraction of sp³-hybridized carbons (Fsp3) is 0.176. The molecule has 0 aliphatic carbocycles. The van der Waals surface area contributed by atoms with Crippen molar-refractivity contribution in [3.63, 3.8) is 0 Å². The number of fused-ring (bicyclic) bond motifs is 3. The van der Waals surface area contributed by atoms with E-state index in [9.17, 15) is 0 Å². The monoisotopic (exact) mass is 261 g/mol. The zero-order valence-electron chi connectivity index (χ0n) is 11.4. The van der Waals surface area contributed by atoms with Crippen LogP contribution in [0.3, 0.4) is 0 Å². The Hall–Kier alpha value is -2.42. The normalized spacial score (nSPS) is 12.8. The van der Waals surface area contributed by atoms with Gasteiger partial charge in [-0.3, -0.25) is 4.98 Å². The zero-order chi connectivity index (χ0) is 13.5. The number of hydrogen-bond donors (Lipinski definition) is 0. The van der Waals surface area contributed by atoms with E-state index in [4.69, 9.17) is 4.98 Å². The predicted octanol–water partition coefficient (Wildman–Crippen LogP) is 3.48. The third-order valence-electron chi connectivity index (χ3n) is 3.91. The van der Waals surface area contributed by atoms with E-state index >= 15 is 0 Å². The van der Waals surface area contributed by atoms with E-state index in [0.29, 0.717) is 0 Å². The lowest BCUT2D eigenvalue weighted by molar-refractivity contribution is 0.655. The number of rotatable bonds is 1. The van der Waals surface area contributed by atoms with E-state index < -0.39 is 0 Å². The van der Waals surface area contributed by atoms with Crippen molar-refractivity contribution in [3.8, 4) is 22.6 Å². The van der Waals surface area contributed by atoms with Gasteiger partial charge in [0, 0.05) is 36.0 Å². The second-order valence-electron chi connectivity index (χ2n) is 5.18. The maximum absolute atomic E-state index is 4.84. The van der Waals surface area contributed by atoms with Crippen LogP contribution in [0.25, 0.3) is 22.6 Å². The molecule has 0 amide bonds. The summed E-state index contributed by atoms with van der Waals surface area (Å²) in [6, 6.07) is 14.6. The minimum atomic E-state index is 0.972. The molecule has 4 rings (SSSR count). The first kappa shape index (κ1) is 11.4. The predicted molar refractivity (Wildman–Crippen MR) is 79.3 cm³/mol. The van der Waals surface area contributed by atoms with Gasteiger partial charge >= 0.3 is 0 Å². The van der Waals surface area contributed by atoms with Crippen LogP contribution in [0.5, 0.6) is 0 Å². The lowest BCUT2D eigenvalue weighted by Gasteiger charge is -2.19. The number of hydrogen-bond acceptors (Lipinski definition) is 2. The molecule has 20 heavy (non-hydrogen) atoms. The number of nitrogens with zero attached hydrogens (tertiary/aromatic N) is 3. The Bertz CT molecular complexity index is 772. The van der Waals surface area contributed by atoms with Crippen molar-refractivity contribution in [2.75, 3.05) is 0 Å². The van der Waals surface area contributed by atoms with Crippen molar-refractivity contribution < 1.29 is 0 Å². The average Bonchev–Trinajstić information content (AvgIpc) is 2.89. The van der Waals surface area contributed by atoms with Gasteiger partial charge in [0.25, 0.3) is 0 Å². The molecule has 0 saturated carbocycles. The summed E-state index contributed by atoms with van der Waals surface area (Å²) in [4.78, 5) is 9.36. The molecule has 3 heteroatoms. The van der Waals surface area contributed by atoms with Crippen LogP contribution in [-0.4, -0.2) is 14.5 Å². The molecule has 3 aromatic rings. The average molecular weight is 261 g/mol. The number of aryl methyl sites for hydroxylation is 2. The quantitative estimate of drug-likeness (QED) is 0.671. The lowest BCUT2D eigenvalue weighted by Crippen LogP contribution is -2.13. The van der Waals surface area contributed by atoms with Crippen molar-refractivity contribution in [2.45, 2.75) is 19.9 Å². The lowest BCUT2D eigenvalue weighted by atomic mass is 10.0. The molecule has 0 fully saturated rings. The molecule has 1 aromatic carbocycles. The minimum absolute atomic E-state index is 0.972. The maximum Gasteiger partial charge on any atom is 0.141 e. The summed E-state index contributed by atoms with van der Waals surface area (Å²) < 4.78 is 2.27. The Balaban J connectivity index is 1.84. The van der Waals surface area contributed by atoms with E-state index in [0.717, 1.165) is 30.2 Å². The molecular weight excluding hydrogens is 246 g/mol. The maximum atomic E-state index is 4.84. The van der Waals surface area contributed by atoms with Crippen LogP contribution in [-0.2, 0) is 13.0 Å². The first-order valence-electron chi connectivity index (χ1n) is 6.91. The van der Waals surface area contributed by atoms with E-state index in [-0.39, 0.29) is 0 Å². The number of pyridine rings is 1. The molecule has 3 nitrogen and oxygen atoms in total. The van der Waals surface area contributed by atoms with Gasteiger partial charge in [0.1, 0.15) is 5.82 Å². The first-order chi connectivity index (χ1) is 9.83. The largest absolute Gasteiger partial charge is 0.328 e. The number of aromatic nitrogens is 3. The van der Waals surface area contributed by atoms with E-state index in [1.54, 1.807) is 0 Å². The van der Waals surface area contributed by atoms with Gasteiger partial charge in [-0.2, -0.15) is 0 Å². The van der Waals surface area contributed by atoms with Crippen LogP contribution in [0.4, 0.5) is 0 Å². The van der Waals surface area contributed by atoms with Gasteiger partial charge in [0.2, 0.25) is 0 Å². The van der Waals surface area contributed by atoms with E-state index in [2.05, 4.69) is 40.7 Å². The molecule has 0 spiro atoms. The third-order valence-corrected chi connectivity index (χ3v) is 3.91. The number of benzene rings is 1. The molecule has 0 atom stereocenters. The highest BCUT2D eigenvalue weighted by Gasteiger charge is 2.20. The molecule has 1 aliphatic heterocycles. The summed E-state index contributed by atoms with van der Waals surface area (Å²) in [6.07, 6.45) is 2.91. The molecule has 0 saturated heterocycles. The van der Waals surface area contributed by atoms with Crippen LogP contribution in [0.15, 0.2) is 48.7 Å². The highest BCUT2D eigenvalue weighted by atomic mass is 15.1. The molecule has 0 N–H and O–H groups in total. The van der Waals surface area contributed by atoms with Crippen LogP contribution < -0.4 is 0 Å². The molecule has 0 radical (unpaired) electrons. The molecule has 98 valence electrons. The summed E-state index contributed by atoms with van der Waals surface area (Å²) in [7, 11) is 0. The first-order valence-corrected chi connectivity index (χ1v) is 6.91. The highest BCUT2D eigenvalue weighted by molar-refractivity contribution is 5.67. The SMILES string of the molecule is Cc1cnc2n1CCc1nc(-c3ccccc3)ccc1-2. The highest BCUT2D eigenvalue weighted by Crippen LogP contribution is 2.30. The fourth-order valence-electron chi connectivity index (χ4n) is 2.84. The van der Waals surface area contributed by atoms with Crippen LogP contribution >= 0.6 is 0 Å². The van der Waals surface area contributed by atoms with Gasteiger partial charge < -0.3 is 4.57 Å². The summed E-state index contributed by atoms with van der Waals surface area (Å²) in [5, 5.41) is 0. The Labute approximate surface area is 117 Å². The van der Waals surface area contributed by atoms with Crippen LogP contribution in [0.2, 0.25) is 0 Å². The molecule has 2 aromatic heterocycles. The van der Waals surface area contributed by atoms with Crippen LogP contribution in [0.1, 0.15) is 11.4 Å². The Morgan fingerprint density at radius 2 is 1.90 bits per heavy atom. The van der Waals surface area contributed by atoms with E-state index in [1.165, 1.54) is 16.8 Å². The van der Waals surface area contributed by atoms with Gasteiger partial charge in [-0.1, -0.05) is 30.3 Å². The molecule has 0 unspecified atom stereocenters. The zero-order valence-corrected chi connectivity index (χ0v) is 11.4. The Morgan fingerprint density at radius 1 is 1.05 bits per heavy atom. The summed E-state index contributed by atoms with van der Waals surface area (Å²) in [6.45, 7) is 3.08. The van der Waals surface area contributed by atoms with Crippen molar-refractivity contribution in [1.82, 2.24) is 14.5 Å². The fourth-order valence-corrected chi connectivity index (χ4v) is 2.84.